The van der Waals surface area contributed by atoms with Crippen molar-refractivity contribution in [3.63, 3.8) is 0 Å². The van der Waals surface area contributed by atoms with Crippen molar-refractivity contribution < 1.29 is 9.53 Å². The molecule has 0 fully saturated rings. The quantitative estimate of drug-likeness (QED) is 0.722. The number of amides is 1. The lowest BCUT2D eigenvalue weighted by Crippen LogP contribution is -2.10. The highest BCUT2D eigenvalue weighted by Crippen LogP contribution is 2.33. The summed E-state index contributed by atoms with van der Waals surface area (Å²) in [5.74, 6) is 0.334. The molecule has 6 heteroatoms. The van der Waals surface area contributed by atoms with Gasteiger partial charge < -0.3 is 10.5 Å². The number of aromatic nitrogens is 1. The molecule has 0 aliphatic rings. The van der Waals surface area contributed by atoms with Crippen LogP contribution in [0.15, 0.2) is 52.3 Å². The summed E-state index contributed by atoms with van der Waals surface area (Å²) in [5.41, 5.74) is 8.55. The van der Waals surface area contributed by atoms with E-state index in [0.29, 0.717) is 5.56 Å². The van der Waals surface area contributed by atoms with Gasteiger partial charge in [0, 0.05) is 22.1 Å². The summed E-state index contributed by atoms with van der Waals surface area (Å²) in [6.07, 6.45) is 0. The van der Waals surface area contributed by atoms with Crippen molar-refractivity contribution >= 4 is 33.2 Å². The van der Waals surface area contributed by atoms with Crippen molar-refractivity contribution in [3.05, 3.63) is 57.9 Å². The molecular weight excluding hydrogens is 376 g/mol. The van der Waals surface area contributed by atoms with Gasteiger partial charge in [-0.2, -0.15) is 0 Å². The number of ether oxygens (including phenoxy) is 1. The molecule has 0 aliphatic heterocycles. The monoisotopic (exact) mass is 388 g/mol. The zero-order chi connectivity index (χ0) is 16.4. The molecule has 1 heterocycles. The van der Waals surface area contributed by atoms with E-state index in [2.05, 4.69) is 20.9 Å². The van der Waals surface area contributed by atoms with E-state index in [4.69, 9.17) is 10.5 Å². The summed E-state index contributed by atoms with van der Waals surface area (Å²) in [5, 5.41) is 2.83. The van der Waals surface area contributed by atoms with Crippen LogP contribution in [0.3, 0.4) is 0 Å². The number of primary amides is 1. The number of nitrogens with two attached hydrogens (primary N) is 1. The number of benzene rings is 2. The van der Waals surface area contributed by atoms with Crippen LogP contribution < -0.4 is 10.5 Å². The van der Waals surface area contributed by atoms with Crippen LogP contribution in [-0.2, 0) is 0 Å². The molecule has 0 bridgehead atoms. The molecule has 3 aromatic rings. The van der Waals surface area contributed by atoms with Gasteiger partial charge in [0.15, 0.2) is 0 Å². The standard InChI is InChI=1S/C17H13BrN2O2S/c1-22-15-6-5-10(8-13(15)18)14-9-23-17(20-14)12-4-2-3-11(7-12)16(19)21/h2-9H,1H3,(H2,19,21). The zero-order valence-corrected chi connectivity index (χ0v) is 14.6. The number of thiazole rings is 1. The SMILES string of the molecule is COc1ccc(-c2csc(-c3cccc(C(N)=O)c3)n2)cc1Br. The highest BCUT2D eigenvalue weighted by Gasteiger charge is 2.10. The predicted molar refractivity (Wildman–Crippen MR) is 95.8 cm³/mol. The third kappa shape index (κ3) is 3.28. The summed E-state index contributed by atoms with van der Waals surface area (Å²) in [6.45, 7) is 0. The normalized spacial score (nSPS) is 10.5. The smallest absolute Gasteiger partial charge is 0.248 e. The van der Waals surface area contributed by atoms with Crippen molar-refractivity contribution in [2.75, 3.05) is 7.11 Å². The van der Waals surface area contributed by atoms with Gasteiger partial charge in [0.05, 0.1) is 17.3 Å². The molecule has 116 valence electrons. The second-order valence-corrected chi connectivity index (χ2v) is 6.54. The maximum Gasteiger partial charge on any atom is 0.248 e. The second kappa shape index (κ2) is 6.52. The summed E-state index contributed by atoms with van der Waals surface area (Å²) < 4.78 is 6.12. The van der Waals surface area contributed by atoms with E-state index < -0.39 is 5.91 Å². The van der Waals surface area contributed by atoms with Crippen molar-refractivity contribution in [1.29, 1.82) is 0 Å². The van der Waals surface area contributed by atoms with E-state index in [1.165, 1.54) is 11.3 Å². The van der Waals surface area contributed by atoms with Gasteiger partial charge in [0.2, 0.25) is 5.91 Å². The molecule has 2 aromatic carbocycles. The van der Waals surface area contributed by atoms with Crippen molar-refractivity contribution in [3.8, 4) is 27.6 Å². The molecule has 1 amide bonds. The Balaban J connectivity index is 1.96. The van der Waals surface area contributed by atoms with Crippen LogP contribution in [0, 0.1) is 0 Å². The van der Waals surface area contributed by atoms with Gasteiger partial charge in [-0.05, 0) is 46.3 Å². The highest BCUT2D eigenvalue weighted by molar-refractivity contribution is 9.10. The molecular formula is C17H13BrN2O2S. The second-order valence-electron chi connectivity index (χ2n) is 4.83. The van der Waals surface area contributed by atoms with Crippen LogP contribution in [0.2, 0.25) is 0 Å². The molecule has 1 aromatic heterocycles. The third-order valence-corrected chi connectivity index (χ3v) is 4.86. The van der Waals surface area contributed by atoms with E-state index >= 15 is 0 Å². The fraction of sp³-hybridized carbons (Fsp3) is 0.0588. The Morgan fingerprint density at radius 2 is 2.04 bits per heavy atom. The third-order valence-electron chi connectivity index (χ3n) is 3.35. The number of carbonyl (C=O) groups excluding carboxylic acids is 1. The Morgan fingerprint density at radius 1 is 1.22 bits per heavy atom. The van der Waals surface area contributed by atoms with E-state index in [1.807, 2.05) is 29.6 Å². The molecule has 2 N–H and O–H groups in total. The molecule has 0 spiro atoms. The molecule has 3 rings (SSSR count). The molecule has 0 radical (unpaired) electrons. The Morgan fingerprint density at radius 3 is 2.74 bits per heavy atom. The maximum absolute atomic E-state index is 11.3. The van der Waals surface area contributed by atoms with E-state index in [-0.39, 0.29) is 0 Å². The van der Waals surface area contributed by atoms with Gasteiger partial charge in [0.25, 0.3) is 0 Å². The number of nitrogens with zero attached hydrogens (tertiary/aromatic N) is 1. The number of rotatable bonds is 4. The molecule has 0 atom stereocenters. The van der Waals surface area contributed by atoms with Crippen LogP contribution in [0.1, 0.15) is 10.4 Å². The minimum absolute atomic E-state index is 0.442. The Labute approximate surface area is 146 Å². The maximum atomic E-state index is 11.3. The summed E-state index contributed by atoms with van der Waals surface area (Å²) in [6, 6.07) is 13.0. The fourth-order valence-electron chi connectivity index (χ4n) is 2.17. The van der Waals surface area contributed by atoms with Crippen molar-refractivity contribution in [2.24, 2.45) is 5.73 Å². The lowest BCUT2D eigenvalue weighted by atomic mass is 10.1. The largest absolute Gasteiger partial charge is 0.496 e. The Bertz CT molecular complexity index is 877. The minimum atomic E-state index is -0.442. The van der Waals surface area contributed by atoms with E-state index in [9.17, 15) is 4.79 Å². The first kappa shape index (κ1) is 15.7. The first-order valence-corrected chi connectivity index (χ1v) is 8.45. The first-order chi connectivity index (χ1) is 11.1. The van der Waals surface area contributed by atoms with Gasteiger partial charge >= 0.3 is 0 Å². The number of hydrogen-bond donors (Lipinski definition) is 1. The van der Waals surface area contributed by atoms with Crippen LogP contribution in [0.25, 0.3) is 21.8 Å². The molecule has 0 saturated heterocycles. The average molecular weight is 389 g/mol. The van der Waals surface area contributed by atoms with Crippen LogP contribution in [0.4, 0.5) is 0 Å². The Kier molecular flexibility index (Phi) is 4.45. The number of halogens is 1. The lowest BCUT2D eigenvalue weighted by Gasteiger charge is -2.04. The summed E-state index contributed by atoms with van der Waals surface area (Å²) in [4.78, 5) is 15.9. The number of carbonyl (C=O) groups is 1. The topological polar surface area (TPSA) is 65.2 Å². The lowest BCUT2D eigenvalue weighted by molar-refractivity contribution is 0.100. The average Bonchev–Trinajstić information content (AvgIpc) is 3.05. The van der Waals surface area contributed by atoms with Crippen LogP contribution >= 0.6 is 27.3 Å². The van der Waals surface area contributed by atoms with E-state index in [1.54, 1.807) is 25.3 Å². The minimum Gasteiger partial charge on any atom is -0.496 e. The molecule has 0 unspecified atom stereocenters. The molecule has 23 heavy (non-hydrogen) atoms. The van der Waals surface area contributed by atoms with Crippen molar-refractivity contribution in [2.45, 2.75) is 0 Å². The predicted octanol–water partition coefficient (Wildman–Crippen LogP) is 4.35. The van der Waals surface area contributed by atoms with Crippen molar-refractivity contribution in [1.82, 2.24) is 4.98 Å². The highest BCUT2D eigenvalue weighted by atomic mass is 79.9. The Hall–Kier alpha value is -2.18. The number of methoxy groups -OCH3 is 1. The summed E-state index contributed by atoms with van der Waals surface area (Å²) in [7, 11) is 1.63. The molecule has 4 nitrogen and oxygen atoms in total. The van der Waals surface area contributed by atoms with Gasteiger partial charge in [-0.15, -0.1) is 11.3 Å². The van der Waals surface area contributed by atoms with Crippen LogP contribution in [-0.4, -0.2) is 18.0 Å². The van der Waals surface area contributed by atoms with Gasteiger partial charge in [0.1, 0.15) is 10.8 Å². The van der Waals surface area contributed by atoms with Gasteiger partial charge in [-0.1, -0.05) is 12.1 Å². The molecule has 0 aliphatic carbocycles. The van der Waals surface area contributed by atoms with E-state index in [0.717, 1.165) is 32.1 Å². The summed E-state index contributed by atoms with van der Waals surface area (Å²) >= 11 is 5.00. The fourth-order valence-corrected chi connectivity index (χ4v) is 3.54. The first-order valence-electron chi connectivity index (χ1n) is 6.78. The number of hydrogen-bond acceptors (Lipinski definition) is 4. The van der Waals surface area contributed by atoms with Gasteiger partial charge in [-0.25, -0.2) is 4.98 Å². The van der Waals surface area contributed by atoms with Crippen LogP contribution in [0.5, 0.6) is 5.75 Å². The zero-order valence-electron chi connectivity index (χ0n) is 12.2. The molecule has 0 saturated carbocycles. The van der Waals surface area contributed by atoms with Gasteiger partial charge in [-0.3, -0.25) is 4.79 Å².